The molecule has 0 bridgehead atoms. The molecule has 4 aromatic carbocycles. The maximum Gasteiger partial charge on any atom is 0.136 e. The highest BCUT2D eigenvalue weighted by Gasteiger charge is 2.12. The van der Waals surface area contributed by atoms with Crippen LogP contribution >= 0.6 is 15.9 Å². The Kier molecular flexibility index (Phi) is 3.06. The van der Waals surface area contributed by atoms with Gasteiger partial charge in [-0.05, 0) is 53.6 Å². The first-order valence-electron chi connectivity index (χ1n) is 8.80. The van der Waals surface area contributed by atoms with E-state index < -0.39 is 0 Å². The first kappa shape index (κ1) is 15.1. The maximum absolute atomic E-state index is 5.99. The fourth-order valence-electron chi connectivity index (χ4n) is 3.87. The van der Waals surface area contributed by atoms with Gasteiger partial charge in [0.2, 0.25) is 0 Å². The summed E-state index contributed by atoms with van der Waals surface area (Å²) in [5, 5.41) is 4.52. The molecule has 2 aromatic heterocycles. The Balaban J connectivity index is 1.62. The van der Waals surface area contributed by atoms with E-state index in [1.165, 1.54) is 0 Å². The molecule has 0 N–H and O–H groups in total. The van der Waals surface area contributed by atoms with Crippen LogP contribution in [0.2, 0.25) is 0 Å². The molecule has 27 heavy (non-hydrogen) atoms. The van der Waals surface area contributed by atoms with E-state index in [2.05, 4.69) is 58.4 Å². The van der Waals surface area contributed by atoms with Crippen molar-refractivity contribution in [3.8, 4) is 11.1 Å². The minimum absolute atomic E-state index is 0.896. The van der Waals surface area contributed by atoms with Crippen LogP contribution in [0.25, 0.3) is 55.0 Å². The van der Waals surface area contributed by atoms with Gasteiger partial charge in [0.05, 0.1) is 0 Å². The second-order valence-corrected chi connectivity index (χ2v) is 7.59. The zero-order chi connectivity index (χ0) is 18.0. The molecular formula is C24H13BrO2. The molecule has 0 radical (unpaired) electrons. The van der Waals surface area contributed by atoms with Crippen LogP contribution in [0.5, 0.6) is 0 Å². The summed E-state index contributed by atoms with van der Waals surface area (Å²) in [4.78, 5) is 0. The standard InChI is InChI=1S/C24H13BrO2/c25-19-5-3-7-23-24(19)18-13-15(9-11-22(18)27-23)14-8-10-21-17(12-14)16-4-1-2-6-20(16)26-21/h1-13H. The summed E-state index contributed by atoms with van der Waals surface area (Å²) < 4.78 is 13.0. The van der Waals surface area contributed by atoms with Gasteiger partial charge in [-0.1, -0.05) is 52.3 Å². The van der Waals surface area contributed by atoms with Crippen LogP contribution in [-0.2, 0) is 0 Å². The number of fused-ring (bicyclic) bond motifs is 6. The monoisotopic (exact) mass is 412 g/mol. The highest BCUT2D eigenvalue weighted by molar-refractivity contribution is 9.10. The third kappa shape index (κ3) is 2.18. The Hall–Kier alpha value is -3.04. The van der Waals surface area contributed by atoms with Gasteiger partial charge < -0.3 is 8.83 Å². The fourth-order valence-corrected chi connectivity index (χ4v) is 4.43. The van der Waals surface area contributed by atoms with E-state index in [9.17, 15) is 0 Å². The van der Waals surface area contributed by atoms with E-state index >= 15 is 0 Å². The van der Waals surface area contributed by atoms with E-state index in [1.807, 2.05) is 36.4 Å². The van der Waals surface area contributed by atoms with Crippen molar-refractivity contribution in [2.75, 3.05) is 0 Å². The molecule has 2 heterocycles. The summed E-state index contributed by atoms with van der Waals surface area (Å²) in [6.45, 7) is 0. The molecule has 6 rings (SSSR count). The van der Waals surface area contributed by atoms with E-state index in [0.717, 1.165) is 59.5 Å². The van der Waals surface area contributed by atoms with Crippen LogP contribution in [0.15, 0.2) is 92.2 Å². The predicted molar refractivity (Wildman–Crippen MR) is 114 cm³/mol. The van der Waals surface area contributed by atoms with Crippen LogP contribution in [0.3, 0.4) is 0 Å². The summed E-state index contributed by atoms with van der Waals surface area (Å²) in [5.41, 5.74) is 5.95. The third-order valence-corrected chi connectivity index (χ3v) is 5.82. The van der Waals surface area contributed by atoms with Gasteiger partial charge in [0, 0.05) is 26.0 Å². The van der Waals surface area contributed by atoms with E-state index in [4.69, 9.17) is 8.83 Å². The van der Waals surface area contributed by atoms with Crippen molar-refractivity contribution in [3.05, 3.63) is 83.3 Å². The van der Waals surface area contributed by atoms with Crippen molar-refractivity contribution in [2.45, 2.75) is 0 Å². The summed E-state index contributed by atoms with van der Waals surface area (Å²) >= 11 is 3.66. The molecule has 6 aromatic rings. The molecule has 0 unspecified atom stereocenters. The largest absolute Gasteiger partial charge is 0.456 e. The molecule has 0 fully saturated rings. The molecule has 0 saturated heterocycles. The number of furan rings is 2. The van der Waals surface area contributed by atoms with Gasteiger partial charge in [-0.2, -0.15) is 0 Å². The van der Waals surface area contributed by atoms with Crippen molar-refractivity contribution < 1.29 is 8.83 Å². The van der Waals surface area contributed by atoms with Gasteiger partial charge in [0.25, 0.3) is 0 Å². The van der Waals surface area contributed by atoms with Crippen LogP contribution in [0, 0.1) is 0 Å². The van der Waals surface area contributed by atoms with Gasteiger partial charge >= 0.3 is 0 Å². The molecule has 0 saturated carbocycles. The Morgan fingerprint density at radius 1 is 0.519 bits per heavy atom. The quantitative estimate of drug-likeness (QED) is 0.274. The Bertz CT molecular complexity index is 1490. The second-order valence-electron chi connectivity index (χ2n) is 6.74. The number of hydrogen-bond acceptors (Lipinski definition) is 2. The number of hydrogen-bond donors (Lipinski definition) is 0. The minimum Gasteiger partial charge on any atom is -0.456 e. The Labute approximate surface area is 163 Å². The number of halogens is 1. The molecule has 0 aliphatic rings. The van der Waals surface area contributed by atoms with Gasteiger partial charge in [0.15, 0.2) is 0 Å². The summed E-state index contributed by atoms with van der Waals surface area (Å²) in [7, 11) is 0. The van der Waals surface area contributed by atoms with Crippen molar-refractivity contribution in [3.63, 3.8) is 0 Å². The lowest BCUT2D eigenvalue weighted by Gasteiger charge is -2.03. The van der Waals surface area contributed by atoms with Crippen molar-refractivity contribution in [2.24, 2.45) is 0 Å². The highest BCUT2D eigenvalue weighted by atomic mass is 79.9. The molecule has 3 heteroatoms. The van der Waals surface area contributed by atoms with E-state index in [1.54, 1.807) is 0 Å². The molecule has 0 aliphatic heterocycles. The summed E-state index contributed by atoms with van der Waals surface area (Å²) in [6.07, 6.45) is 0. The average molecular weight is 413 g/mol. The number of para-hydroxylation sites is 1. The molecule has 2 nitrogen and oxygen atoms in total. The van der Waals surface area contributed by atoms with E-state index in [-0.39, 0.29) is 0 Å². The zero-order valence-electron chi connectivity index (χ0n) is 14.2. The smallest absolute Gasteiger partial charge is 0.136 e. The van der Waals surface area contributed by atoms with Crippen molar-refractivity contribution in [1.82, 2.24) is 0 Å². The first-order valence-corrected chi connectivity index (χ1v) is 9.60. The second kappa shape index (κ2) is 5.48. The lowest BCUT2D eigenvalue weighted by atomic mass is 10.0. The topological polar surface area (TPSA) is 26.3 Å². The van der Waals surface area contributed by atoms with Gasteiger partial charge in [-0.25, -0.2) is 0 Å². The Morgan fingerprint density at radius 2 is 1.15 bits per heavy atom. The van der Waals surface area contributed by atoms with Crippen LogP contribution < -0.4 is 0 Å². The fraction of sp³-hybridized carbons (Fsp3) is 0. The van der Waals surface area contributed by atoms with Crippen LogP contribution in [0.4, 0.5) is 0 Å². The third-order valence-electron chi connectivity index (χ3n) is 5.15. The zero-order valence-corrected chi connectivity index (χ0v) is 15.8. The normalized spacial score (nSPS) is 11.9. The SMILES string of the molecule is Brc1cccc2oc3ccc(-c4ccc5oc6ccccc6c5c4)cc3c12. The van der Waals surface area contributed by atoms with Gasteiger partial charge in [0.1, 0.15) is 22.3 Å². The van der Waals surface area contributed by atoms with Crippen LogP contribution in [0.1, 0.15) is 0 Å². The summed E-state index contributed by atoms with van der Waals surface area (Å²) in [5.74, 6) is 0. The number of benzene rings is 4. The maximum atomic E-state index is 5.99. The molecule has 0 spiro atoms. The molecule has 0 aliphatic carbocycles. The molecule has 128 valence electrons. The minimum atomic E-state index is 0.896. The first-order chi connectivity index (χ1) is 13.3. The van der Waals surface area contributed by atoms with Gasteiger partial charge in [-0.15, -0.1) is 0 Å². The molecule has 0 amide bonds. The van der Waals surface area contributed by atoms with E-state index in [0.29, 0.717) is 0 Å². The molecule has 0 atom stereocenters. The van der Waals surface area contributed by atoms with Crippen molar-refractivity contribution >= 4 is 59.8 Å². The van der Waals surface area contributed by atoms with Crippen LogP contribution in [-0.4, -0.2) is 0 Å². The highest BCUT2D eigenvalue weighted by Crippen LogP contribution is 2.37. The number of rotatable bonds is 1. The lowest BCUT2D eigenvalue weighted by molar-refractivity contribution is 0.668. The molecular weight excluding hydrogens is 400 g/mol. The lowest BCUT2D eigenvalue weighted by Crippen LogP contribution is -1.78. The average Bonchev–Trinajstić information content (AvgIpc) is 3.25. The Morgan fingerprint density at radius 3 is 2.00 bits per heavy atom. The summed E-state index contributed by atoms with van der Waals surface area (Å²) in [6, 6.07) is 27.0. The van der Waals surface area contributed by atoms with Crippen molar-refractivity contribution in [1.29, 1.82) is 0 Å². The van der Waals surface area contributed by atoms with Gasteiger partial charge in [-0.3, -0.25) is 0 Å². The predicted octanol–water partition coefficient (Wildman–Crippen LogP) is 7.91.